The highest BCUT2D eigenvalue weighted by Gasteiger charge is 2.28. The molecule has 0 N–H and O–H groups in total. The monoisotopic (exact) mass is 265 g/mol. The average molecular weight is 265 g/mol. The van der Waals surface area contributed by atoms with Crippen LogP contribution in [0.5, 0.6) is 0 Å². The highest BCUT2D eigenvalue weighted by Crippen LogP contribution is 2.38. The highest BCUT2D eigenvalue weighted by molar-refractivity contribution is 6.05. The molecule has 4 heteroatoms. The van der Waals surface area contributed by atoms with Gasteiger partial charge in [-0.15, -0.1) is 5.10 Å². The molecule has 1 aromatic carbocycles. The van der Waals surface area contributed by atoms with Gasteiger partial charge in [-0.3, -0.25) is 4.79 Å². The van der Waals surface area contributed by atoms with Gasteiger partial charge < -0.3 is 4.90 Å². The molecule has 100 valence electrons. The molecule has 0 spiro atoms. The Bertz CT molecular complexity index is 662. The van der Waals surface area contributed by atoms with E-state index in [1.807, 2.05) is 30.3 Å². The molecule has 1 aliphatic heterocycles. The molecule has 2 aromatic rings. The van der Waals surface area contributed by atoms with Crippen LogP contribution in [0.1, 0.15) is 40.5 Å². The van der Waals surface area contributed by atoms with Crippen LogP contribution in [0.2, 0.25) is 0 Å². The average Bonchev–Trinajstić information content (AvgIpc) is 3.26. The lowest BCUT2D eigenvalue weighted by atomic mass is 10.2. The van der Waals surface area contributed by atoms with Crippen molar-refractivity contribution in [3.05, 3.63) is 53.3 Å². The third-order valence-electron chi connectivity index (χ3n) is 4.03. The Morgan fingerprint density at radius 1 is 1.10 bits per heavy atom. The maximum Gasteiger partial charge on any atom is 0.278 e. The summed E-state index contributed by atoms with van der Waals surface area (Å²) in [5.74, 6) is 0.518. The number of benzene rings is 1. The van der Waals surface area contributed by atoms with Crippen LogP contribution in [-0.2, 0) is 6.42 Å². The zero-order valence-corrected chi connectivity index (χ0v) is 11.1. The minimum atomic E-state index is -0.0511. The molecule has 0 unspecified atom stereocenters. The molecular formula is C16H15N3O. The van der Waals surface area contributed by atoms with E-state index in [0.29, 0.717) is 11.6 Å². The van der Waals surface area contributed by atoms with Gasteiger partial charge in [0.15, 0.2) is 5.69 Å². The minimum Gasteiger partial charge on any atom is -0.306 e. The highest BCUT2D eigenvalue weighted by atomic mass is 16.2. The van der Waals surface area contributed by atoms with Gasteiger partial charge >= 0.3 is 0 Å². The van der Waals surface area contributed by atoms with Gasteiger partial charge in [0, 0.05) is 18.2 Å². The molecule has 1 fully saturated rings. The molecule has 4 nitrogen and oxygen atoms in total. The topological polar surface area (TPSA) is 46.1 Å². The molecule has 1 saturated carbocycles. The van der Waals surface area contributed by atoms with Crippen molar-refractivity contribution in [2.45, 2.75) is 25.2 Å². The van der Waals surface area contributed by atoms with E-state index in [0.717, 1.165) is 24.3 Å². The standard InChI is InChI=1S/C16H15N3O/c20-16(14-8-7-13(17-18-14)11-5-6-11)19-10-9-12-3-1-2-4-15(12)19/h1-4,7-8,11H,5-6,9-10H2. The molecule has 20 heavy (non-hydrogen) atoms. The fraction of sp³-hybridized carbons (Fsp3) is 0.312. The Kier molecular flexibility index (Phi) is 2.55. The summed E-state index contributed by atoms with van der Waals surface area (Å²) in [7, 11) is 0. The van der Waals surface area contributed by atoms with E-state index in [1.165, 1.54) is 18.4 Å². The van der Waals surface area contributed by atoms with Crippen LogP contribution in [0, 0.1) is 0 Å². The summed E-state index contributed by atoms with van der Waals surface area (Å²) in [4.78, 5) is 14.3. The molecule has 0 saturated heterocycles. The van der Waals surface area contributed by atoms with Crippen LogP contribution in [-0.4, -0.2) is 22.6 Å². The Morgan fingerprint density at radius 2 is 1.95 bits per heavy atom. The van der Waals surface area contributed by atoms with E-state index in [1.54, 1.807) is 4.90 Å². The molecule has 0 bridgehead atoms. The molecule has 1 amide bonds. The van der Waals surface area contributed by atoms with Gasteiger partial charge in [0.1, 0.15) is 0 Å². The summed E-state index contributed by atoms with van der Waals surface area (Å²) >= 11 is 0. The zero-order chi connectivity index (χ0) is 13.5. The second-order valence-corrected chi connectivity index (χ2v) is 5.45. The number of amides is 1. The number of aromatic nitrogens is 2. The van der Waals surface area contributed by atoms with Crippen molar-refractivity contribution in [1.29, 1.82) is 0 Å². The Labute approximate surface area is 117 Å². The molecular weight excluding hydrogens is 250 g/mol. The molecule has 2 aliphatic rings. The third kappa shape index (κ3) is 1.88. The number of fused-ring (bicyclic) bond motifs is 1. The van der Waals surface area contributed by atoms with Crippen molar-refractivity contribution in [2.24, 2.45) is 0 Å². The van der Waals surface area contributed by atoms with Crippen molar-refractivity contribution >= 4 is 11.6 Å². The lowest BCUT2D eigenvalue weighted by molar-refractivity contribution is 0.0983. The Balaban J connectivity index is 1.61. The molecule has 4 rings (SSSR count). The maximum atomic E-state index is 12.5. The first kappa shape index (κ1) is 11.6. The number of rotatable bonds is 2. The maximum absolute atomic E-state index is 12.5. The van der Waals surface area contributed by atoms with Crippen molar-refractivity contribution in [3.63, 3.8) is 0 Å². The largest absolute Gasteiger partial charge is 0.306 e. The predicted octanol–water partition coefficient (Wildman–Crippen LogP) is 2.56. The minimum absolute atomic E-state index is 0.0511. The van der Waals surface area contributed by atoms with Gasteiger partial charge in [-0.05, 0) is 43.0 Å². The number of para-hydroxylation sites is 1. The molecule has 0 radical (unpaired) electrons. The zero-order valence-electron chi connectivity index (χ0n) is 11.1. The number of hydrogen-bond donors (Lipinski definition) is 0. The summed E-state index contributed by atoms with van der Waals surface area (Å²) in [5.41, 5.74) is 3.68. The molecule has 2 heterocycles. The van der Waals surface area contributed by atoms with E-state index >= 15 is 0 Å². The number of hydrogen-bond acceptors (Lipinski definition) is 3. The Hall–Kier alpha value is -2.23. The van der Waals surface area contributed by atoms with E-state index in [9.17, 15) is 4.79 Å². The van der Waals surface area contributed by atoms with Crippen LogP contribution >= 0.6 is 0 Å². The summed E-state index contributed by atoms with van der Waals surface area (Å²) in [5, 5.41) is 8.31. The fourth-order valence-electron chi connectivity index (χ4n) is 2.74. The van der Waals surface area contributed by atoms with Crippen LogP contribution in [0.25, 0.3) is 0 Å². The molecule has 1 aromatic heterocycles. The second kappa shape index (κ2) is 4.40. The summed E-state index contributed by atoms with van der Waals surface area (Å²) in [6.07, 6.45) is 3.30. The number of carbonyl (C=O) groups is 1. The second-order valence-electron chi connectivity index (χ2n) is 5.45. The molecule has 1 aliphatic carbocycles. The van der Waals surface area contributed by atoms with Gasteiger partial charge in [0.2, 0.25) is 0 Å². The summed E-state index contributed by atoms with van der Waals surface area (Å²) in [6.45, 7) is 0.726. The van der Waals surface area contributed by atoms with Gasteiger partial charge in [-0.2, -0.15) is 5.10 Å². The van der Waals surface area contributed by atoms with Gasteiger partial charge in [0.25, 0.3) is 5.91 Å². The lowest BCUT2D eigenvalue weighted by Gasteiger charge is -2.16. The van der Waals surface area contributed by atoms with Crippen LogP contribution in [0.3, 0.4) is 0 Å². The van der Waals surface area contributed by atoms with E-state index < -0.39 is 0 Å². The van der Waals surface area contributed by atoms with Crippen LogP contribution in [0.4, 0.5) is 5.69 Å². The summed E-state index contributed by atoms with van der Waals surface area (Å²) < 4.78 is 0. The smallest absolute Gasteiger partial charge is 0.278 e. The number of nitrogens with zero attached hydrogens (tertiary/aromatic N) is 3. The fourth-order valence-corrected chi connectivity index (χ4v) is 2.74. The van der Waals surface area contributed by atoms with Gasteiger partial charge in [-0.25, -0.2) is 0 Å². The van der Waals surface area contributed by atoms with Crippen molar-refractivity contribution < 1.29 is 4.79 Å². The number of carbonyl (C=O) groups excluding carboxylic acids is 1. The van der Waals surface area contributed by atoms with Crippen molar-refractivity contribution in [2.75, 3.05) is 11.4 Å². The SMILES string of the molecule is O=C(c1ccc(C2CC2)nn1)N1CCc2ccccc21. The van der Waals surface area contributed by atoms with Crippen LogP contribution in [0.15, 0.2) is 36.4 Å². The van der Waals surface area contributed by atoms with E-state index in [4.69, 9.17) is 0 Å². The summed E-state index contributed by atoms with van der Waals surface area (Å²) in [6, 6.07) is 11.8. The first-order chi connectivity index (χ1) is 9.83. The van der Waals surface area contributed by atoms with Gasteiger partial charge in [0.05, 0.1) is 5.69 Å². The Morgan fingerprint density at radius 3 is 2.70 bits per heavy atom. The first-order valence-electron chi connectivity index (χ1n) is 7.06. The van der Waals surface area contributed by atoms with Gasteiger partial charge in [-0.1, -0.05) is 18.2 Å². The lowest BCUT2D eigenvalue weighted by Crippen LogP contribution is -2.29. The quantitative estimate of drug-likeness (QED) is 0.838. The van der Waals surface area contributed by atoms with E-state index in [-0.39, 0.29) is 5.91 Å². The third-order valence-corrected chi connectivity index (χ3v) is 4.03. The predicted molar refractivity (Wildman–Crippen MR) is 75.8 cm³/mol. The van der Waals surface area contributed by atoms with Crippen LogP contribution < -0.4 is 4.90 Å². The normalized spacial score (nSPS) is 17.1. The van der Waals surface area contributed by atoms with E-state index in [2.05, 4.69) is 16.3 Å². The first-order valence-corrected chi connectivity index (χ1v) is 7.06. The number of anilines is 1. The van der Waals surface area contributed by atoms with Crippen molar-refractivity contribution in [1.82, 2.24) is 10.2 Å². The van der Waals surface area contributed by atoms with Crippen molar-refractivity contribution in [3.8, 4) is 0 Å². The molecule has 0 atom stereocenters.